The Labute approximate surface area is 100 Å². The van der Waals surface area contributed by atoms with Crippen LogP contribution in [0.3, 0.4) is 0 Å². The molecule has 3 N–H and O–H groups in total. The molecule has 0 aromatic carbocycles. The highest BCUT2D eigenvalue weighted by atomic mass is 16.5. The Kier molecular flexibility index (Phi) is 3.98. The number of nitrogens with two attached hydrogens (primary N) is 1. The SMILES string of the molecule is NC(=O)Cn1cc(NCC2CCCOC2)cn1. The van der Waals surface area contributed by atoms with E-state index in [1.165, 1.54) is 11.1 Å². The number of rotatable bonds is 5. The van der Waals surface area contributed by atoms with Crippen LogP contribution in [0.2, 0.25) is 0 Å². The van der Waals surface area contributed by atoms with Gasteiger partial charge in [-0.15, -0.1) is 0 Å². The van der Waals surface area contributed by atoms with Gasteiger partial charge in [0.2, 0.25) is 5.91 Å². The van der Waals surface area contributed by atoms with Gasteiger partial charge in [0.15, 0.2) is 0 Å². The van der Waals surface area contributed by atoms with Crippen LogP contribution >= 0.6 is 0 Å². The minimum atomic E-state index is -0.389. The molecule has 1 atom stereocenters. The molecule has 0 saturated carbocycles. The van der Waals surface area contributed by atoms with Crippen LogP contribution < -0.4 is 11.1 Å². The van der Waals surface area contributed by atoms with Gasteiger partial charge in [-0.1, -0.05) is 0 Å². The van der Waals surface area contributed by atoms with Crippen LogP contribution in [-0.2, 0) is 16.1 Å². The molecule has 0 radical (unpaired) electrons. The summed E-state index contributed by atoms with van der Waals surface area (Å²) in [6.07, 6.45) is 5.82. The number of primary amides is 1. The minimum absolute atomic E-state index is 0.119. The summed E-state index contributed by atoms with van der Waals surface area (Å²) in [5.74, 6) is 0.170. The van der Waals surface area contributed by atoms with Crippen LogP contribution in [0.25, 0.3) is 0 Å². The van der Waals surface area contributed by atoms with E-state index < -0.39 is 0 Å². The third-order valence-corrected chi connectivity index (χ3v) is 2.80. The minimum Gasteiger partial charge on any atom is -0.382 e. The molecule has 1 amide bonds. The summed E-state index contributed by atoms with van der Waals surface area (Å²) >= 11 is 0. The predicted octanol–water partition coefficient (Wildman–Crippen LogP) is 0.207. The van der Waals surface area contributed by atoms with Gasteiger partial charge in [0.05, 0.1) is 18.5 Å². The molecule has 94 valence electrons. The van der Waals surface area contributed by atoms with Crippen molar-refractivity contribution in [2.75, 3.05) is 25.1 Å². The maximum atomic E-state index is 10.7. The largest absolute Gasteiger partial charge is 0.382 e. The van der Waals surface area contributed by atoms with Crippen LogP contribution in [0.1, 0.15) is 12.8 Å². The summed E-state index contributed by atoms with van der Waals surface area (Å²) in [5.41, 5.74) is 6.00. The van der Waals surface area contributed by atoms with Gasteiger partial charge in [0.1, 0.15) is 6.54 Å². The molecule has 1 aromatic heterocycles. The molecule has 1 saturated heterocycles. The molecular formula is C11H18N4O2. The number of ether oxygens (including phenoxy) is 1. The zero-order chi connectivity index (χ0) is 12.1. The molecule has 2 rings (SSSR count). The van der Waals surface area contributed by atoms with Crippen LogP contribution in [-0.4, -0.2) is 35.4 Å². The van der Waals surface area contributed by atoms with E-state index in [2.05, 4.69) is 10.4 Å². The van der Waals surface area contributed by atoms with Crippen molar-refractivity contribution in [3.8, 4) is 0 Å². The molecule has 1 fully saturated rings. The van der Waals surface area contributed by atoms with E-state index in [1.54, 1.807) is 12.4 Å². The van der Waals surface area contributed by atoms with Crippen molar-refractivity contribution in [2.24, 2.45) is 11.7 Å². The van der Waals surface area contributed by atoms with Gasteiger partial charge < -0.3 is 15.8 Å². The van der Waals surface area contributed by atoms with Gasteiger partial charge >= 0.3 is 0 Å². The van der Waals surface area contributed by atoms with Gasteiger partial charge in [-0.3, -0.25) is 9.48 Å². The average molecular weight is 238 g/mol. The second kappa shape index (κ2) is 5.67. The van der Waals surface area contributed by atoms with Crippen molar-refractivity contribution in [3.05, 3.63) is 12.4 Å². The first-order valence-electron chi connectivity index (χ1n) is 5.86. The number of hydrogen-bond acceptors (Lipinski definition) is 4. The van der Waals surface area contributed by atoms with Crippen LogP contribution in [0, 0.1) is 5.92 Å². The van der Waals surface area contributed by atoms with Gasteiger partial charge in [-0.05, 0) is 18.8 Å². The third kappa shape index (κ3) is 3.74. The highest BCUT2D eigenvalue weighted by molar-refractivity contribution is 5.73. The number of carbonyl (C=O) groups is 1. The zero-order valence-corrected chi connectivity index (χ0v) is 9.76. The molecule has 0 aliphatic carbocycles. The first-order chi connectivity index (χ1) is 8.24. The second-order valence-corrected chi connectivity index (χ2v) is 4.36. The molecular weight excluding hydrogens is 220 g/mol. The Morgan fingerprint density at radius 3 is 3.29 bits per heavy atom. The van der Waals surface area contributed by atoms with Crippen molar-refractivity contribution >= 4 is 11.6 Å². The summed E-state index contributed by atoms with van der Waals surface area (Å²) in [4.78, 5) is 10.7. The van der Waals surface area contributed by atoms with Crippen molar-refractivity contribution < 1.29 is 9.53 Å². The Balaban J connectivity index is 1.78. The number of nitrogens with zero attached hydrogens (tertiary/aromatic N) is 2. The number of anilines is 1. The lowest BCUT2D eigenvalue weighted by Gasteiger charge is -2.22. The van der Waals surface area contributed by atoms with Crippen LogP contribution in [0.15, 0.2) is 12.4 Å². The van der Waals surface area contributed by atoms with Gasteiger partial charge in [-0.25, -0.2) is 0 Å². The van der Waals surface area contributed by atoms with Gasteiger partial charge in [0, 0.05) is 19.3 Å². The standard InChI is InChI=1S/C11H18N4O2/c12-11(16)7-15-6-10(5-14-15)13-4-9-2-1-3-17-8-9/h5-6,9,13H,1-4,7-8H2,(H2,12,16). The number of hydrogen-bond donors (Lipinski definition) is 2. The maximum absolute atomic E-state index is 10.7. The predicted molar refractivity (Wildman–Crippen MR) is 63.5 cm³/mol. The van der Waals surface area contributed by atoms with Gasteiger partial charge in [-0.2, -0.15) is 5.10 Å². The average Bonchev–Trinajstić information content (AvgIpc) is 2.75. The molecule has 1 aliphatic heterocycles. The fraction of sp³-hybridized carbons (Fsp3) is 0.636. The van der Waals surface area contributed by atoms with Crippen LogP contribution in [0.5, 0.6) is 0 Å². The number of amides is 1. The highest BCUT2D eigenvalue weighted by Gasteiger charge is 2.13. The lowest BCUT2D eigenvalue weighted by Crippen LogP contribution is -2.24. The van der Waals surface area contributed by atoms with E-state index in [4.69, 9.17) is 10.5 Å². The van der Waals surface area contributed by atoms with Crippen LogP contribution in [0.4, 0.5) is 5.69 Å². The lowest BCUT2D eigenvalue weighted by atomic mass is 10.0. The summed E-state index contributed by atoms with van der Waals surface area (Å²) in [7, 11) is 0. The maximum Gasteiger partial charge on any atom is 0.239 e. The first kappa shape index (κ1) is 11.9. The van der Waals surface area contributed by atoms with E-state index in [0.29, 0.717) is 5.92 Å². The Hall–Kier alpha value is -1.56. The molecule has 6 heteroatoms. The fourth-order valence-electron chi connectivity index (χ4n) is 1.93. The topological polar surface area (TPSA) is 82.2 Å². The number of aromatic nitrogens is 2. The molecule has 17 heavy (non-hydrogen) atoms. The molecule has 1 unspecified atom stereocenters. The summed E-state index contributed by atoms with van der Waals surface area (Å²) in [5, 5.41) is 7.33. The monoisotopic (exact) mass is 238 g/mol. The Morgan fingerprint density at radius 1 is 1.71 bits per heavy atom. The smallest absolute Gasteiger partial charge is 0.239 e. The number of nitrogens with one attached hydrogen (secondary N) is 1. The highest BCUT2D eigenvalue weighted by Crippen LogP contribution is 2.14. The molecule has 2 heterocycles. The lowest BCUT2D eigenvalue weighted by molar-refractivity contribution is -0.118. The summed E-state index contributed by atoms with van der Waals surface area (Å²) in [6, 6.07) is 0. The molecule has 1 aliphatic rings. The zero-order valence-electron chi connectivity index (χ0n) is 9.76. The normalized spacial score (nSPS) is 20.1. The quantitative estimate of drug-likeness (QED) is 0.768. The Bertz CT molecular complexity index is 371. The van der Waals surface area contributed by atoms with E-state index >= 15 is 0 Å². The molecule has 0 bridgehead atoms. The molecule has 0 spiro atoms. The third-order valence-electron chi connectivity index (χ3n) is 2.80. The fourth-order valence-corrected chi connectivity index (χ4v) is 1.93. The van der Waals surface area contributed by atoms with E-state index in [1.807, 2.05) is 0 Å². The van der Waals surface area contributed by atoms with E-state index in [9.17, 15) is 4.79 Å². The summed E-state index contributed by atoms with van der Waals surface area (Å²) in [6.45, 7) is 2.70. The van der Waals surface area contributed by atoms with Crippen molar-refractivity contribution in [2.45, 2.75) is 19.4 Å². The number of carbonyl (C=O) groups excluding carboxylic acids is 1. The van der Waals surface area contributed by atoms with E-state index in [0.717, 1.165) is 31.9 Å². The van der Waals surface area contributed by atoms with Gasteiger partial charge in [0.25, 0.3) is 0 Å². The van der Waals surface area contributed by atoms with Crippen molar-refractivity contribution in [3.63, 3.8) is 0 Å². The Morgan fingerprint density at radius 2 is 2.59 bits per heavy atom. The first-order valence-corrected chi connectivity index (χ1v) is 5.86. The molecule has 1 aromatic rings. The summed E-state index contributed by atoms with van der Waals surface area (Å²) < 4.78 is 6.94. The second-order valence-electron chi connectivity index (χ2n) is 4.36. The molecule has 6 nitrogen and oxygen atoms in total. The van der Waals surface area contributed by atoms with Crippen molar-refractivity contribution in [1.29, 1.82) is 0 Å². The van der Waals surface area contributed by atoms with Crippen molar-refractivity contribution in [1.82, 2.24) is 9.78 Å². The van der Waals surface area contributed by atoms with E-state index in [-0.39, 0.29) is 12.5 Å².